The number of hydrogen-bond donors (Lipinski definition) is 0. The zero-order chi connectivity index (χ0) is 34.5. The van der Waals surface area contributed by atoms with Gasteiger partial charge in [0, 0.05) is 12.2 Å². The Morgan fingerprint density at radius 3 is 1.51 bits per heavy atom. The molecule has 0 saturated carbocycles. The fraction of sp³-hybridized carbons (Fsp3) is 0.816. The number of aryl methyl sites for hydroxylation is 1. The van der Waals surface area contributed by atoms with Gasteiger partial charge in [-0.15, -0.1) is 0 Å². The largest absolute Gasteiger partial charge is 1.00 e. The summed E-state index contributed by atoms with van der Waals surface area (Å²) in [5, 5.41) is 0. The number of ether oxygens (including phenoxy) is 1. The van der Waals surface area contributed by atoms with Crippen molar-refractivity contribution in [3.63, 3.8) is 0 Å². The molecule has 0 aliphatic carbocycles. The lowest BCUT2D eigenvalue weighted by molar-refractivity contribution is -0.895. The number of likely N-dealkylation sites (N-methyl/N-ethyl adjacent to an activating group) is 1. The molecule has 0 unspecified atom stereocenters. The predicted molar refractivity (Wildman–Crippen MR) is 207 cm³/mol. The summed E-state index contributed by atoms with van der Waals surface area (Å²) in [6.07, 6.45) is 21.7. The van der Waals surface area contributed by atoms with Crippen molar-refractivity contribution in [2.24, 2.45) is 0 Å². The van der Waals surface area contributed by atoms with Gasteiger partial charge in [-0.25, -0.2) is 0 Å². The van der Waals surface area contributed by atoms with Gasteiger partial charge in [-0.2, -0.15) is 0 Å². The van der Waals surface area contributed by atoms with E-state index in [-0.39, 0.29) is 24.8 Å². The lowest BCUT2D eigenvalue weighted by atomic mass is 10.0. The van der Waals surface area contributed by atoms with Crippen molar-refractivity contribution in [1.29, 1.82) is 0 Å². The van der Waals surface area contributed by atoms with Gasteiger partial charge in [-0.05, 0) is 76.7 Å². The Morgan fingerprint density at radius 1 is 0.638 bits per heavy atom. The SMILES string of the molecule is CCCCCCCCCCCCCCCCc1ccc(C[N+](C)(C)CC(=O)COCCC[Si](C)(O[Si](C)(C)C)O[Si](C)(C)C)cc1.[Cl-]. The van der Waals surface area contributed by atoms with Crippen LogP contribution in [0.1, 0.15) is 114 Å². The molecule has 0 N–H and O–H groups in total. The van der Waals surface area contributed by atoms with E-state index in [4.69, 9.17) is 13.0 Å². The molecule has 0 saturated heterocycles. The quantitative estimate of drug-likeness (QED) is 0.0476. The third-order valence-corrected chi connectivity index (χ3v) is 17.9. The molecule has 47 heavy (non-hydrogen) atoms. The van der Waals surface area contributed by atoms with Crippen molar-refractivity contribution in [3.05, 3.63) is 35.4 Å². The number of rotatable bonds is 29. The van der Waals surface area contributed by atoms with Gasteiger partial charge in [0.2, 0.25) is 5.78 Å². The molecule has 0 aliphatic heterocycles. The van der Waals surface area contributed by atoms with E-state index in [9.17, 15) is 4.79 Å². The Labute approximate surface area is 301 Å². The average molecular weight is 731 g/mol. The van der Waals surface area contributed by atoms with E-state index in [1.807, 2.05) is 0 Å². The lowest BCUT2D eigenvalue weighted by Gasteiger charge is -2.38. The van der Waals surface area contributed by atoms with Crippen molar-refractivity contribution in [1.82, 2.24) is 0 Å². The molecule has 0 bridgehead atoms. The van der Waals surface area contributed by atoms with Crippen molar-refractivity contribution < 1.29 is 34.7 Å². The maximum Gasteiger partial charge on any atom is 0.314 e. The number of Topliss-reactive ketones (excluding diaryl/α,β-unsaturated/α-hetero) is 1. The number of unbranched alkanes of at least 4 members (excludes halogenated alkanes) is 13. The van der Waals surface area contributed by atoms with Gasteiger partial charge in [-0.1, -0.05) is 115 Å². The molecular weight excluding hydrogens is 654 g/mol. The molecule has 1 aromatic carbocycles. The first kappa shape index (κ1) is 46.7. The molecule has 0 atom stereocenters. The van der Waals surface area contributed by atoms with Gasteiger partial charge in [0.1, 0.15) is 19.7 Å². The Hall–Kier alpha value is -0.329. The molecule has 0 aromatic heterocycles. The maximum absolute atomic E-state index is 12.8. The van der Waals surface area contributed by atoms with Crippen LogP contribution in [-0.4, -0.2) is 69.3 Å². The lowest BCUT2D eigenvalue weighted by Crippen LogP contribution is -3.00. The van der Waals surface area contributed by atoms with Gasteiger partial charge < -0.3 is 29.9 Å². The van der Waals surface area contributed by atoms with E-state index in [1.54, 1.807) is 0 Å². The second-order valence-electron chi connectivity index (χ2n) is 16.7. The Balaban J connectivity index is 0.0000212. The van der Waals surface area contributed by atoms with Crippen molar-refractivity contribution in [2.45, 2.75) is 168 Å². The molecule has 0 amide bonds. The van der Waals surface area contributed by atoms with Crippen LogP contribution in [0.5, 0.6) is 0 Å². The predicted octanol–water partition coefficient (Wildman–Crippen LogP) is 8.04. The van der Waals surface area contributed by atoms with E-state index in [2.05, 4.69) is 91.1 Å². The normalized spacial score (nSPS) is 12.7. The highest BCUT2D eigenvalue weighted by molar-refractivity contribution is 6.87. The van der Waals surface area contributed by atoms with Crippen LogP contribution in [0.4, 0.5) is 0 Å². The van der Waals surface area contributed by atoms with Crippen LogP contribution < -0.4 is 12.4 Å². The highest BCUT2D eigenvalue weighted by Gasteiger charge is 2.39. The number of ketones is 1. The first-order valence-electron chi connectivity index (χ1n) is 18.9. The van der Waals surface area contributed by atoms with Gasteiger partial charge in [0.05, 0.1) is 14.1 Å². The van der Waals surface area contributed by atoms with Gasteiger partial charge in [-0.3, -0.25) is 4.79 Å². The Bertz CT molecular complexity index is 916. The first-order valence-corrected chi connectivity index (χ1v) is 28.3. The van der Waals surface area contributed by atoms with E-state index in [0.717, 1.165) is 19.0 Å². The van der Waals surface area contributed by atoms with Crippen LogP contribution >= 0.6 is 0 Å². The minimum Gasteiger partial charge on any atom is -1.00 e. The standard InChI is InChI=1S/C38H76NO4Si3.ClH/c1-11-12-13-14-15-16-17-18-19-20-21-22-23-24-26-36-27-29-37(30-28-36)33-39(2,3)34-38(40)35-41-31-25-32-46(10,42-44(4,5)6)43-45(7,8)9;/h27-30H,11-26,31-35H2,1-10H3;1H/q+1;/p-1. The molecular formula is C38H76ClNO4Si3. The number of hydrogen-bond acceptors (Lipinski definition) is 4. The van der Waals surface area contributed by atoms with E-state index in [0.29, 0.717) is 17.6 Å². The summed E-state index contributed by atoms with van der Waals surface area (Å²) < 4.78 is 19.6. The molecule has 0 spiro atoms. The molecule has 9 heteroatoms. The van der Waals surface area contributed by atoms with Gasteiger partial charge in [0.25, 0.3) is 0 Å². The fourth-order valence-electron chi connectivity index (χ4n) is 6.51. The van der Waals surface area contributed by atoms with Crippen LogP contribution in [-0.2, 0) is 30.7 Å². The van der Waals surface area contributed by atoms with Crippen molar-refractivity contribution in [3.8, 4) is 0 Å². The van der Waals surface area contributed by atoms with Crippen LogP contribution in [0.25, 0.3) is 0 Å². The van der Waals surface area contributed by atoms with E-state index < -0.39 is 25.2 Å². The Kier molecular flexibility index (Phi) is 24.6. The van der Waals surface area contributed by atoms with Crippen LogP contribution in [0, 0.1) is 0 Å². The highest BCUT2D eigenvalue weighted by Crippen LogP contribution is 2.25. The van der Waals surface area contributed by atoms with Crippen LogP contribution in [0.2, 0.25) is 51.9 Å². The summed E-state index contributed by atoms with van der Waals surface area (Å²) in [5.74, 6) is 0.163. The molecule has 0 radical (unpaired) electrons. The molecule has 5 nitrogen and oxygen atoms in total. The van der Waals surface area contributed by atoms with Crippen LogP contribution in [0.15, 0.2) is 24.3 Å². The fourth-order valence-corrected chi connectivity index (χ4v) is 19.0. The summed E-state index contributed by atoms with van der Waals surface area (Å²) >= 11 is 0. The molecule has 0 fully saturated rings. The summed E-state index contributed by atoms with van der Waals surface area (Å²) in [5.41, 5.74) is 2.72. The number of halogens is 1. The zero-order valence-corrected chi connectivity index (χ0v) is 36.4. The smallest absolute Gasteiger partial charge is 0.314 e. The molecule has 0 aliphatic rings. The molecule has 1 rings (SSSR count). The number of nitrogens with zero attached hydrogens (tertiary/aromatic N) is 1. The summed E-state index contributed by atoms with van der Waals surface area (Å²) in [6, 6.07) is 10.00. The summed E-state index contributed by atoms with van der Waals surface area (Å²) in [6.45, 7) is 20.0. The number of carbonyl (C=O) groups excluding carboxylic acids is 1. The molecule has 1 aromatic rings. The molecule has 276 valence electrons. The molecule has 0 heterocycles. The average Bonchev–Trinajstić information content (AvgIpc) is 2.91. The van der Waals surface area contributed by atoms with E-state index >= 15 is 0 Å². The third-order valence-electron chi connectivity index (χ3n) is 8.28. The van der Waals surface area contributed by atoms with Crippen LogP contribution in [0.3, 0.4) is 0 Å². The third kappa shape index (κ3) is 27.1. The summed E-state index contributed by atoms with van der Waals surface area (Å²) in [7, 11) is -1.37. The van der Waals surface area contributed by atoms with Crippen molar-refractivity contribution in [2.75, 3.05) is 33.9 Å². The van der Waals surface area contributed by atoms with Crippen molar-refractivity contribution >= 4 is 31.0 Å². The zero-order valence-electron chi connectivity index (χ0n) is 32.6. The monoisotopic (exact) mass is 729 g/mol. The summed E-state index contributed by atoms with van der Waals surface area (Å²) in [4.78, 5) is 12.8. The second-order valence-corrected chi connectivity index (χ2v) is 29.5. The number of carbonyl (C=O) groups is 1. The Morgan fingerprint density at radius 2 is 1.06 bits per heavy atom. The minimum atomic E-state index is -2.25. The van der Waals surface area contributed by atoms with Gasteiger partial charge >= 0.3 is 8.56 Å². The number of quaternary nitrogens is 1. The highest BCUT2D eigenvalue weighted by atomic mass is 35.5. The second kappa shape index (κ2) is 24.8. The minimum absolute atomic E-state index is 0. The maximum atomic E-state index is 12.8. The number of benzene rings is 1. The van der Waals surface area contributed by atoms with Gasteiger partial charge in [0.15, 0.2) is 16.6 Å². The topological polar surface area (TPSA) is 44.8 Å². The van der Waals surface area contributed by atoms with E-state index in [1.165, 1.54) is 107 Å². The first-order chi connectivity index (χ1) is 21.5.